The van der Waals surface area contributed by atoms with Crippen LogP contribution in [0.5, 0.6) is 0 Å². The lowest BCUT2D eigenvalue weighted by Gasteiger charge is -2.12. The summed E-state index contributed by atoms with van der Waals surface area (Å²) in [5.74, 6) is 0. The molecule has 0 atom stereocenters. The molecule has 1 fully saturated rings. The minimum atomic E-state index is -2.98. The first-order valence-corrected chi connectivity index (χ1v) is 6.94. The van der Waals surface area contributed by atoms with E-state index in [4.69, 9.17) is 9.05 Å². The Labute approximate surface area is 95.6 Å². The van der Waals surface area contributed by atoms with E-state index >= 15 is 0 Å². The van der Waals surface area contributed by atoms with E-state index in [1.807, 2.05) is 43.3 Å². The molecule has 3 nitrogen and oxygen atoms in total. The van der Waals surface area contributed by atoms with E-state index in [9.17, 15) is 4.57 Å². The zero-order chi connectivity index (χ0) is 11.4. The topological polar surface area (TPSA) is 35.5 Å². The quantitative estimate of drug-likeness (QED) is 0.753. The molecule has 16 heavy (non-hydrogen) atoms. The number of allylic oxidation sites excluding steroid dienone is 1. The van der Waals surface area contributed by atoms with Crippen molar-refractivity contribution in [1.29, 1.82) is 0 Å². The van der Waals surface area contributed by atoms with Crippen LogP contribution >= 0.6 is 7.60 Å². The third-order valence-electron chi connectivity index (χ3n) is 2.45. The maximum absolute atomic E-state index is 12.2. The first-order chi connectivity index (χ1) is 7.74. The second-order valence-electron chi connectivity index (χ2n) is 3.56. The Kier molecular flexibility index (Phi) is 3.59. The summed E-state index contributed by atoms with van der Waals surface area (Å²) in [6.07, 6.45) is 2.57. The molecule has 2 rings (SSSR count). The van der Waals surface area contributed by atoms with Gasteiger partial charge in [-0.2, -0.15) is 0 Å². The Morgan fingerprint density at radius 3 is 2.50 bits per heavy atom. The highest BCUT2D eigenvalue weighted by atomic mass is 31.2. The second-order valence-corrected chi connectivity index (χ2v) is 5.65. The van der Waals surface area contributed by atoms with Gasteiger partial charge in [0.15, 0.2) is 0 Å². The van der Waals surface area contributed by atoms with Crippen LogP contribution in [0.1, 0.15) is 18.9 Å². The summed E-state index contributed by atoms with van der Waals surface area (Å²) in [4.78, 5) is 0. The van der Waals surface area contributed by atoms with Crippen molar-refractivity contribution in [3.8, 4) is 0 Å². The van der Waals surface area contributed by atoms with E-state index < -0.39 is 7.60 Å². The van der Waals surface area contributed by atoms with Gasteiger partial charge in [0.2, 0.25) is 0 Å². The average Bonchev–Trinajstić information content (AvgIpc) is 2.75. The van der Waals surface area contributed by atoms with Crippen molar-refractivity contribution in [2.24, 2.45) is 0 Å². The summed E-state index contributed by atoms with van der Waals surface area (Å²) in [6.45, 7) is 2.80. The van der Waals surface area contributed by atoms with E-state index in [2.05, 4.69) is 0 Å². The van der Waals surface area contributed by atoms with Crippen LogP contribution in [0, 0.1) is 0 Å². The molecule has 0 radical (unpaired) electrons. The molecular formula is C12H15O3P. The molecule has 86 valence electrons. The zero-order valence-corrected chi connectivity index (χ0v) is 10.2. The van der Waals surface area contributed by atoms with Gasteiger partial charge in [0.1, 0.15) is 0 Å². The molecule has 1 aromatic rings. The third-order valence-corrected chi connectivity index (χ3v) is 4.65. The highest BCUT2D eigenvalue weighted by molar-refractivity contribution is 7.58. The van der Waals surface area contributed by atoms with Gasteiger partial charge >= 0.3 is 7.60 Å². The van der Waals surface area contributed by atoms with Crippen LogP contribution in [0.4, 0.5) is 0 Å². The van der Waals surface area contributed by atoms with Crippen LogP contribution in [-0.2, 0) is 13.6 Å². The maximum atomic E-state index is 12.2. The molecule has 0 bridgehead atoms. The predicted molar refractivity (Wildman–Crippen MR) is 64.2 cm³/mol. The molecule has 1 heterocycles. The lowest BCUT2D eigenvalue weighted by Crippen LogP contribution is -1.87. The van der Waals surface area contributed by atoms with Gasteiger partial charge in [-0.3, -0.25) is 4.57 Å². The van der Waals surface area contributed by atoms with Gasteiger partial charge in [0.25, 0.3) is 0 Å². The smallest absolute Gasteiger partial charge is 0.303 e. The monoisotopic (exact) mass is 238 g/mol. The number of rotatable bonds is 3. The fourth-order valence-corrected chi connectivity index (χ4v) is 3.36. The molecule has 1 saturated heterocycles. The van der Waals surface area contributed by atoms with Crippen LogP contribution in [0.2, 0.25) is 0 Å². The predicted octanol–water partition coefficient (Wildman–Crippen LogP) is 3.68. The van der Waals surface area contributed by atoms with Crippen molar-refractivity contribution in [3.05, 3.63) is 41.2 Å². The highest BCUT2D eigenvalue weighted by Crippen LogP contribution is 2.60. The molecule has 0 N–H and O–H groups in total. The van der Waals surface area contributed by atoms with Gasteiger partial charge in [0.05, 0.1) is 13.2 Å². The maximum Gasteiger partial charge on any atom is 0.357 e. The molecular weight excluding hydrogens is 223 g/mol. The number of hydrogen-bond acceptors (Lipinski definition) is 3. The van der Waals surface area contributed by atoms with E-state index in [0.717, 1.165) is 10.9 Å². The van der Waals surface area contributed by atoms with Crippen LogP contribution in [0.15, 0.2) is 35.6 Å². The van der Waals surface area contributed by atoms with Crippen LogP contribution in [-0.4, -0.2) is 13.2 Å². The molecule has 0 aliphatic carbocycles. The normalized spacial score (nSPS) is 19.9. The van der Waals surface area contributed by atoms with Crippen molar-refractivity contribution in [1.82, 2.24) is 0 Å². The fourth-order valence-electron chi connectivity index (χ4n) is 1.63. The Morgan fingerprint density at radius 1 is 1.31 bits per heavy atom. The van der Waals surface area contributed by atoms with Gasteiger partial charge in [0, 0.05) is 5.31 Å². The summed E-state index contributed by atoms with van der Waals surface area (Å²) in [7, 11) is -2.98. The highest BCUT2D eigenvalue weighted by Gasteiger charge is 2.33. The van der Waals surface area contributed by atoms with Crippen molar-refractivity contribution in [2.45, 2.75) is 13.3 Å². The summed E-state index contributed by atoms with van der Waals surface area (Å²) >= 11 is 0. The molecule has 1 aliphatic rings. The van der Waals surface area contributed by atoms with Gasteiger partial charge in [-0.1, -0.05) is 37.3 Å². The number of hydrogen-bond donors (Lipinski definition) is 0. The summed E-state index contributed by atoms with van der Waals surface area (Å²) in [5.41, 5.74) is 1.02. The van der Waals surface area contributed by atoms with Gasteiger partial charge < -0.3 is 9.05 Å². The van der Waals surface area contributed by atoms with E-state index in [1.165, 1.54) is 0 Å². The molecule has 4 heteroatoms. The Balaban J connectivity index is 2.29. The van der Waals surface area contributed by atoms with Crippen molar-refractivity contribution < 1.29 is 13.6 Å². The van der Waals surface area contributed by atoms with Gasteiger partial charge in [-0.05, 0) is 18.1 Å². The largest absolute Gasteiger partial charge is 0.357 e. The van der Waals surface area contributed by atoms with E-state index in [0.29, 0.717) is 19.6 Å². The third kappa shape index (κ3) is 2.43. The molecule has 0 amide bonds. The fraction of sp³-hybridized carbons (Fsp3) is 0.333. The molecule has 0 aromatic heterocycles. The minimum Gasteiger partial charge on any atom is -0.303 e. The number of benzene rings is 1. The van der Waals surface area contributed by atoms with Gasteiger partial charge in [-0.25, -0.2) is 0 Å². The van der Waals surface area contributed by atoms with Crippen LogP contribution in [0.25, 0.3) is 6.08 Å². The lowest BCUT2D eigenvalue weighted by molar-refractivity contribution is 0.359. The first-order valence-electron chi connectivity index (χ1n) is 5.40. The van der Waals surface area contributed by atoms with Crippen molar-refractivity contribution >= 4 is 13.7 Å². The Bertz CT molecular complexity index is 415. The second kappa shape index (κ2) is 4.96. The van der Waals surface area contributed by atoms with E-state index in [-0.39, 0.29) is 0 Å². The minimum absolute atomic E-state index is 0.420. The zero-order valence-electron chi connectivity index (χ0n) is 9.26. The molecule has 0 unspecified atom stereocenters. The standard InChI is InChI=1S/C12H15O3P/c1-2-12(16(13)14-8-9-15-16)10-11-6-4-3-5-7-11/h3-7,10H,2,8-9H2,1H3/b12-10+. The van der Waals surface area contributed by atoms with Crippen molar-refractivity contribution in [2.75, 3.05) is 13.2 Å². The average molecular weight is 238 g/mol. The molecule has 1 aromatic carbocycles. The van der Waals surface area contributed by atoms with E-state index in [1.54, 1.807) is 0 Å². The summed E-state index contributed by atoms with van der Waals surface area (Å²) < 4.78 is 22.7. The van der Waals surface area contributed by atoms with Gasteiger partial charge in [-0.15, -0.1) is 0 Å². The Morgan fingerprint density at radius 2 is 1.94 bits per heavy atom. The van der Waals surface area contributed by atoms with Crippen LogP contribution in [0.3, 0.4) is 0 Å². The summed E-state index contributed by atoms with van der Waals surface area (Å²) in [5, 5.41) is 0.746. The molecule has 1 aliphatic heterocycles. The molecule has 0 spiro atoms. The van der Waals surface area contributed by atoms with Crippen molar-refractivity contribution in [3.63, 3.8) is 0 Å². The molecule has 0 saturated carbocycles. The Hall–Kier alpha value is -0.890. The van der Waals surface area contributed by atoms with Crippen LogP contribution < -0.4 is 0 Å². The first kappa shape index (κ1) is 11.6. The summed E-state index contributed by atoms with van der Waals surface area (Å²) in [6, 6.07) is 9.79. The lowest BCUT2D eigenvalue weighted by atomic mass is 10.2. The SMILES string of the molecule is CC/C(=C\c1ccccc1)P1(=O)OCCO1.